The third-order valence-electron chi connectivity index (χ3n) is 3.16. The first-order valence-corrected chi connectivity index (χ1v) is 6.13. The van der Waals surface area contributed by atoms with Crippen molar-refractivity contribution in [3.8, 4) is 5.75 Å². The van der Waals surface area contributed by atoms with Crippen molar-refractivity contribution >= 4 is 0 Å². The van der Waals surface area contributed by atoms with Crippen LogP contribution in [0.15, 0.2) is 41.0 Å². The van der Waals surface area contributed by atoms with Crippen molar-refractivity contribution in [2.24, 2.45) is 5.73 Å². The van der Waals surface area contributed by atoms with Crippen LogP contribution in [0.3, 0.4) is 0 Å². The van der Waals surface area contributed by atoms with Crippen molar-refractivity contribution < 1.29 is 9.15 Å². The van der Waals surface area contributed by atoms with Crippen molar-refractivity contribution in [2.75, 3.05) is 7.11 Å². The average molecular weight is 245 g/mol. The third kappa shape index (κ3) is 2.93. The van der Waals surface area contributed by atoms with E-state index in [0.717, 1.165) is 24.4 Å². The van der Waals surface area contributed by atoms with Crippen LogP contribution in [-0.2, 0) is 6.42 Å². The third-order valence-corrected chi connectivity index (χ3v) is 3.16. The first kappa shape index (κ1) is 12.7. The number of furan rings is 1. The first-order valence-electron chi connectivity index (χ1n) is 6.13. The predicted octanol–water partition coefficient (Wildman–Crippen LogP) is 3.23. The minimum absolute atomic E-state index is 0.0287. The van der Waals surface area contributed by atoms with Gasteiger partial charge in [0, 0.05) is 12.5 Å². The fraction of sp³-hybridized carbons (Fsp3) is 0.333. The zero-order chi connectivity index (χ0) is 13.0. The number of aryl methyl sites for hydroxylation is 2. The van der Waals surface area contributed by atoms with Crippen LogP contribution in [0.1, 0.15) is 29.3 Å². The summed E-state index contributed by atoms with van der Waals surface area (Å²) in [5, 5.41) is 0. The van der Waals surface area contributed by atoms with Gasteiger partial charge in [0.05, 0.1) is 13.4 Å². The van der Waals surface area contributed by atoms with E-state index in [1.54, 1.807) is 13.4 Å². The summed E-state index contributed by atoms with van der Waals surface area (Å²) in [5.41, 5.74) is 8.56. The summed E-state index contributed by atoms with van der Waals surface area (Å²) >= 11 is 0. The quantitative estimate of drug-likeness (QED) is 0.879. The van der Waals surface area contributed by atoms with Gasteiger partial charge in [-0.2, -0.15) is 0 Å². The van der Waals surface area contributed by atoms with Gasteiger partial charge < -0.3 is 14.9 Å². The van der Waals surface area contributed by atoms with E-state index >= 15 is 0 Å². The van der Waals surface area contributed by atoms with E-state index in [1.165, 1.54) is 11.1 Å². The number of rotatable bonds is 5. The normalized spacial score (nSPS) is 12.4. The Morgan fingerprint density at radius 1 is 1.33 bits per heavy atom. The standard InChI is InChI=1S/C15H19NO2/c1-11-10-13(17-2)5-7-14(11)15(16)8-6-12-4-3-9-18-12/h3-5,7,9-10,15H,6,8,16H2,1-2H3. The second-order valence-corrected chi connectivity index (χ2v) is 4.45. The zero-order valence-corrected chi connectivity index (χ0v) is 10.8. The molecule has 1 aromatic carbocycles. The predicted molar refractivity (Wildman–Crippen MR) is 71.7 cm³/mol. The maximum atomic E-state index is 6.22. The van der Waals surface area contributed by atoms with Gasteiger partial charge in [-0.05, 0) is 48.7 Å². The lowest BCUT2D eigenvalue weighted by atomic mass is 9.97. The molecule has 0 saturated carbocycles. The molecule has 0 aliphatic carbocycles. The molecule has 2 aromatic rings. The number of hydrogen-bond donors (Lipinski definition) is 1. The highest BCUT2D eigenvalue weighted by molar-refractivity contribution is 5.36. The lowest BCUT2D eigenvalue weighted by Crippen LogP contribution is -2.12. The Morgan fingerprint density at radius 3 is 2.78 bits per heavy atom. The van der Waals surface area contributed by atoms with Crippen molar-refractivity contribution in [1.82, 2.24) is 0 Å². The summed E-state index contributed by atoms with van der Waals surface area (Å²) in [5.74, 6) is 1.85. The molecule has 1 heterocycles. The van der Waals surface area contributed by atoms with Crippen molar-refractivity contribution in [3.05, 3.63) is 53.5 Å². The van der Waals surface area contributed by atoms with Crippen LogP contribution < -0.4 is 10.5 Å². The van der Waals surface area contributed by atoms with Gasteiger partial charge in [-0.25, -0.2) is 0 Å². The van der Waals surface area contributed by atoms with E-state index < -0.39 is 0 Å². The Bertz CT molecular complexity index is 491. The molecule has 3 nitrogen and oxygen atoms in total. The van der Waals surface area contributed by atoms with Gasteiger partial charge in [-0.1, -0.05) is 6.07 Å². The molecule has 0 amide bonds. The van der Waals surface area contributed by atoms with Gasteiger partial charge in [0.25, 0.3) is 0 Å². The molecule has 0 bridgehead atoms. The number of hydrogen-bond acceptors (Lipinski definition) is 3. The van der Waals surface area contributed by atoms with E-state index in [4.69, 9.17) is 14.9 Å². The lowest BCUT2D eigenvalue weighted by molar-refractivity contribution is 0.414. The number of methoxy groups -OCH3 is 1. The maximum absolute atomic E-state index is 6.22. The molecule has 18 heavy (non-hydrogen) atoms. The molecule has 2 N–H and O–H groups in total. The Kier molecular flexibility index (Phi) is 4.05. The van der Waals surface area contributed by atoms with Crippen molar-refractivity contribution in [3.63, 3.8) is 0 Å². The lowest BCUT2D eigenvalue weighted by Gasteiger charge is -2.15. The molecule has 0 saturated heterocycles. The Balaban J connectivity index is 2.02. The molecule has 0 fully saturated rings. The second kappa shape index (κ2) is 5.74. The molecule has 0 radical (unpaired) electrons. The van der Waals surface area contributed by atoms with Gasteiger partial charge in [0.15, 0.2) is 0 Å². The summed E-state index contributed by atoms with van der Waals surface area (Å²) in [6, 6.07) is 9.92. The number of ether oxygens (including phenoxy) is 1. The Labute approximate surface area is 108 Å². The topological polar surface area (TPSA) is 48.4 Å². The monoisotopic (exact) mass is 245 g/mol. The summed E-state index contributed by atoms with van der Waals surface area (Å²) in [6.45, 7) is 2.06. The fourth-order valence-electron chi connectivity index (χ4n) is 2.10. The van der Waals surface area contributed by atoms with Gasteiger partial charge in [0.2, 0.25) is 0 Å². The molecule has 0 spiro atoms. The van der Waals surface area contributed by atoms with E-state index in [0.29, 0.717) is 0 Å². The second-order valence-electron chi connectivity index (χ2n) is 4.45. The van der Waals surface area contributed by atoms with Crippen LogP contribution in [0.5, 0.6) is 5.75 Å². The van der Waals surface area contributed by atoms with Crippen molar-refractivity contribution in [1.29, 1.82) is 0 Å². The Hall–Kier alpha value is -1.74. The molecule has 1 aromatic heterocycles. The van der Waals surface area contributed by atoms with Crippen molar-refractivity contribution in [2.45, 2.75) is 25.8 Å². The first-order chi connectivity index (χ1) is 8.70. The van der Waals surface area contributed by atoms with Crippen LogP contribution >= 0.6 is 0 Å². The van der Waals surface area contributed by atoms with Gasteiger partial charge >= 0.3 is 0 Å². The Morgan fingerprint density at radius 2 is 2.17 bits per heavy atom. The zero-order valence-electron chi connectivity index (χ0n) is 10.8. The van der Waals surface area contributed by atoms with E-state index in [2.05, 4.69) is 6.92 Å². The maximum Gasteiger partial charge on any atom is 0.119 e. The molecule has 0 aliphatic heterocycles. The highest BCUT2D eigenvalue weighted by atomic mass is 16.5. The fourth-order valence-corrected chi connectivity index (χ4v) is 2.10. The molecule has 2 rings (SSSR count). The summed E-state index contributed by atoms with van der Waals surface area (Å²) in [4.78, 5) is 0. The minimum atomic E-state index is 0.0287. The van der Waals surface area contributed by atoms with Crippen LogP contribution in [-0.4, -0.2) is 7.11 Å². The molecular formula is C15H19NO2. The molecule has 3 heteroatoms. The largest absolute Gasteiger partial charge is 0.497 e. The van der Waals surface area contributed by atoms with Crippen LogP contribution in [0.2, 0.25) is 0 Å². The highest BCUT2D eigenvalue weighted by Gasteiger charge is 2.10. The highest BCUT2D eigenvalue weighted by Crippen LogP contribution is 2.24. The van der Waals surface area contributed by atoms with E-state index in [-0.39, 0.29) is 6.04 Å². The molecular weight excluding hydrogens is 226 g/mol. The van der Waals surface area contributed by atoms with E-state index in [9.17, 15) is 0 Å². The van der Waals surface area contributed by atoms with Gasteiger partial charge in [0.1, 0.15) is 11.5 Å². The molecule has 1 atom stereocenters. The summed E-state index contributed by atoms with van der Waals surface area (Å²) in [7, 11) is 1.67. The molecule has 0 aliphatic rings. The molecule has 96 valence electrons. The van der Waals surface area contributed by atoms with Gasteiger partial charge in [-0.15, -0.1) is 0 Å². The summed E-state index contributed by atoms with van der Waals surface area (Å²) < 4.78 is 10.5. The van der Waals surface area contributed by atoms with Crippen LogP contribution in [0.25, 0.3) is 0 Å². The van der Waals surface area contributed by atoms with Crippen LogP contribution in [0.4, 0.5) is 0 Å². The summed E-state index contributed by atoms with van der Waals surface area (Å²) in [6.07, 6.45) is 3.43. The minimum Gasteiger partial charge on any atom is -0.497 e. The smallest absolute Gasteiger partial charge is 0.119 e. The average Bonchev–Trinajstić information content (AvgIpc) is 2.88. The SMILES string of the molecule is COc1ccc(C(N)CCc2ccco2)c(C)c1. The molecule has 1 unspecified atom stereocenters. The van der Waals surface area contributed by atoms with Crippen LogP contribution in [0, 0.1) is 6.92 Å². The van der Waals surface area contributed by atoms with Gasteiger partial charge in [-0.3, -0.25) is 0 Å². The van der Waals surface area contributed by atoms with E-state index in [1.807, 2.05) is 30.3 Å². The number of benzene rings is 1. The number of nitrogens with two attached hydrogens (primary N) is 1.